The highest BCUT2D eigenvalue weighted by Gasteiger charge is 2.33. The van der Waals surface area contributed by atoms with Gasteiger partial charge in [-0.15, -0.1) is 0 Å². The minimum absolute atomic E-state index is 0.00477. The van der Waals surface area contributed by atoms with Gasteiger partial charge in [0.1, 0.15) is 6.61 Å². The summed E-state index contributed by atoms with van der Waals surface area (Å²) < 4.78 is 10.7. The lowest BCUT2D eigenvalue weighted by Gasteiger charge is -2.34. The van der Waals surface area contributed by atoms with Gasteiger partial charge in [-0.1, -0.05) is 48.5 Å². The molecule has 1 aliphatic heterocycles. The maximum Gasteiger partial charge on any atom is 0.407 e. The summed E-state index contributed by atoms with van der Waals surface area (Å²) in [5.74, 6) is -1.38. The van der Waals surface area contributed by atoms with Gasteiger partial charge in [0.05, 0.1) is 13.2 Å². The van der Waals surface area contributed by atoms with E-state index in [-0.39, 0.29) is 38.0 Å². The van der Waals surface area contributed by atoms with Crippen molar-refractivity contribution in [3.8, 4) is 11.1 Å². The van der Waals surface area contributed by atoms with Crippen molar-refractivity contribution in [1.29, 1.82) is 0 Å². The number of ether oxygens (including phenoxy) is 2. The van der Waals surface area contributed by atoms with Crippen molar-refractivity contribution in [1.82, 2.24) is 10.2 Å². The molecule has 2 N–H and O–H groups in total. The van der Waals surface area contributed by atoms with Gasteiger partial charge >= 0.3 is 12.1 Å². The highest BCUT2D eigenvalue weighted by molar-refractivity contribution is 5.81. The van der Waals surface area contributed by atoms with Gasteiger partial charge in [-0.25, -0.2) is 9.59 Å². The number of morpholine rings is 1. The monoisotopic (exact) mass is 452 g/mol. The van der Waals surface area contributed by atoms with E-state index < -0.39 is 23.7 Å². The summed E-state index contributed by atoms with van der Waals surface area (Å²) in [4.78, 5) is 37.9. The largest absolute Gasteiger partial charge is 0.479 e. The fourth-order valence-corrected chi connectivity index (χ4v) is 4.47. The van der Waals surface area contributed by atoms with Gasteiger partial charge < -0.3 is 24.8 Å². The Hall–Kier alpha value is -3.39. The number of rotatable bonds is 6. The van der Waals surface area contributed by atoms with Crippen LogP contribution in [0.1, 0.15) is 37.3 Å². The Kier molecular flexibility index (Phi) is 6.37. The molecule has 0 radical (unpaired) electrons. The molecule has 1 saturated heterocycles. The SMILES string of the molecule is CC(C)(CC(=O)N1CCOC(C(=O)O)C1)NC(=O)OCC1c2ccccc2-c2ccccc21. The minimum atomic E-state index is -1.09. The molecule has 0 bridgehead atoms. The Labute approximate surface area is 192 Å². The number of nitrogens with zero attached hydrogens (tertiary/aromatic N) is 1. The smallest absolute Gasteiger partial charge is 0.407 e. The molecule has 0 aromatic heterocycles. The van der Waals surface area contributed by atoms with Crippen LogP contribution in [0.25, 0.3) is 11.1 Å². The average molecular weight is 453 g/mol. The molecule has 2 amide bonds. The second-order valence-electron chi connectivity index (χ2n) is 9.05. The molecule has 2 aromatic carbocycles. The molecule has 174 valence electrons. The number of nitrogens with one attached hydrogen (secondary N) is 1. The normalized spacial score (nSPS) is 17.8. The van der Waals surface area contributed by atoms with Gasteiger partial charge in [0.25, 0.3) is 0 Å². The molecule has 4 rings (SSSR count). The van der Waals surface area contributed by atoms with E-state index in [1.165, 1.54) is 4.90 Å². The van der Waals surface area contributed by atoms with E-state index in [0.717, 1.165) is 22.3 Å². The first-order valence-electron chi connectivity index (χ1n) is 11.0. The summed E-state index contributed by atoms with van der Waals surface area (Å²) in [6.07, 6.45) is -1.61. The molecule has 33 heavy (non-hydrogen) atoms. The number of benzene rings is 2. The fourth-order valence-electron chi connectivity index (χ4n) is 4.47. The Morgan fingerprint density at radius 3 is 2.30 bits per heavy atom. The highest BCUT2D eigenvalue weighted by atomic mass is 16.5. The molecule has 0 saturated carbocycles. The molecule has 1 aliphatic carbocycles. The summed E-state index contributed by atoms with van der Waals surface area (Å²) in [7, 11) is 0. The van der Waals surface area contributed by atoms with Crippen molar-refractivity contribution in [2.24, 2.45) is 0 Å². The number of amides is 2. The van der Waals surface area contributed by atoms with Crippen molar-refractivity contribution < 1.29 is 29.0 Å². The third kappa shape index (κ3) is 5.01. The van der Waals surface area contributed by atoms with Gasteiger partial charge in [-0.3, -0.25) is 4.79 Å². The first-order chi connectivity index (χ1) is 15.7. The number of hydrogen-bond donors (Lipinski definition) is 2. The number of aliphatic carboxylic acids is 1. The van der Waals surface area contributed by atoms with Crippen molar-refractivity contribution in [2.75, 3.05) is 26.3 Å². The quantitative estimate of drug-likeness (QED) is 0.698. The molecule has 1 unspecified atom stereocenters. The maximum absolute atomic E-state index is 12.7. The second kappa shape index (κ2) is 9.23. The predicted octanol–water partition coefficient (Wildman–Crippen LogP) is 3.01. The van der Waals surface area contributed by atoms with E-state index >= 15 is 0 Å². The average Bonchev–Trinajstić information content (AvgIpc) is 3.11. The lowest BCUT2D eigenvalue weighted by atomic mass is 9.98. The number of alkyl carbamates (subject to hydrolysis) is 1. The van der Waals surface area contributed by atoms with E-state index in [1.807, 2.05) is 24.3 Å². The third-order valence-electron chi connectivity index (χ3n) is 6.07. The minimum Gasteiger partial charge on any atom is -0.479 e. The van der Waals surface area contributed by atoms with E-state index in [2.05, 4.69) is 29.6 Å². The number of carboxylic acid groups (broad SMARTS) is 1. The van der Waals surface area contributed by atoms with Crippen LogP contribution in [-0.4, -0.2) is 65.9 Å². The van der Waals surface area contributed by atoms with Crippen molar-refractivity contribution in [3.05, 3.63) is 59.7 Å². The Morgan fingerprint density at radius 1 is 1.09 bits per heavy atom. The van der Waals surface area contributed by atoms with Crippen LogP contribution >= 0.6 is 0 Å². The van der Waals surface area contributed by atoms with Gasteiger partial charge in [0.2, 0.25) is 5.91 Å². The summed E-state index contributed by atoms with van der Waals surface area (Å²) in [6, 6.07) is 16.2. The van der Waals surface area contributed by atoms with Crippen LogP contribution in [-0.2, 0) is 19.1 Å². The standard InChI is InChI=1S/C25H28N2O6/c1-25(2,13-22(28)27-11-12-32-21(14-27)23(29)30)26-24(31)33-15-20-18-9-5-3-7-16(18)17-8-4-6-10-19(17)20/h3-10,20-21H,11-15H2,1-2H3,(H,26,31)(H,29,30). The molecule has 0 spiro atoms. The zero-order valence-corrected chi connectivity index (χ0v) is 18.7. The Morgan fingerprint density at radius 2 is 1.70 bits per heavy atom. The summed E-state index contributed by atoms with van der Waals surface area (Å²) in [5.41, 5.74) is 3.69. The van der Waals surface area contributed by atoms with E-state index in [1.54, 1.807) is 13.8 Å². The molecular formula is C25H28N2O6. The van der Waals surface area contributed by atoms with Gasteiger partial charge in [-0.05, 0) is 36.1 Å². The van der Waals surface area contributed by atoms with Crippen LogP contribution in [0.5, 0.6) is 0 Å². The van der Waals surface area contributed by atoms with E-state index in [4.69, 9.17) is 14.6 Å². The zero-order chi connectivity index (χ0) is 23.6. The second-order valence-corrected chi connectivity index (χ2v) is 9.05. The zero-order valence-electron chi connectivity index (χ0n) is 18.7. The molecule has 8 heteroatoms. The highest BCUT2D eigenvalue weighted by Crippen LogP contribution is 2.44. The number of hydrogen-bond acceptors (Lipinski definition) is 5. The van der Waals surface area contributed by atoms with Gasteiger partial charge in [0, 0.05) is 24.4 Å². The molecule has 1 atom stereocenters. The van der Waals surface area contributed by atoms with Crippen molar-refractivity contribution >= 4 is 18.0 Å². The third-order valence-corrected chi connectivity index (χ3v) is 6.07. The van der Waals surface area contributed by atoms with Crippen LogP contribution in [0.4, 0.5) is 4.79 Å². The van der Waals surface area contributed by atoms with Crippen LogP contribution in [0.2, 0.25) is 0 Å². The molecule has 2 aliphatic rings. The van der Waals surface area contributed by atoms with E-state index in [0.29, 0.717) is 6.54 Å². The fraction of sp³-hybridized carbons (Fsp3) is 0.400. The lowest BCUT2D eigenvalue weighted by molar-refractivity contribution is -0.159. The van der Waals surface area contributed by atoms with Gasteiger partial charge in [0.15, 0.2) is 6.10 Å². The number of carbonyl (C=O) groups excluding carboxylic acids is 2. The van der Waals surface area contributed by atoms with Crippen LogP contribution in [0.15, 0.2) is 48.5 Å². The number of fused-ring (bicyclic) bond motifs is 3. The first-order valence-corrected chi connectivity index (χ1v) is 11.0. The van der Waals surface area contributed by atoms with E-state index in [9.17, 15) is 14.4 Å². The summed E-state index contributed by atoms with van der Waals surface area (Å²) in [5, 5.41) is 11.9. The molecule has 2 aromatic rings. The van der Waals surface area contributed by atoms with Gasteiger partial charge in [-0.2, -0.15) is 0 Å². The number of carboxylic acids is 1. The maximum atomic E-state index is 12.7. The number of carbonyl (C=O) groups is 3. The Balaban J connectivity index is 1.34. The molecule has 8 nitrogen and oxygen atoms in total. The molecular weight excluding hydrogens is 424 g/mol. The Bertz CT molecular complexity index is 1020. The molecule has 1 heterocycles. The van der Waals surface area contributed by atoms with Crippen LogP contribution in [0.3, 0.4) is 0 Å². The lowest BCUT2D eigenvalue weighted by Crippen LogP contribution is -2.52. The first kappa shape index (κ1) is 22.8. The van der Waals surface area contributed by atoms with Crippen LogP contribution in [0, 0.1) is 0 Å². The molecule has 1 fully saturated rings. The summed E-state index contributed by atoms with van der Waals surface area (Å²) in [6.45, 7) is 4.15. The van der Waals surface area contributed by atoms with Crippen molar-refractivity contribution in [2.45, 2.75) is 37.8 Å². The predicted molar refractivity (Wildman–Crippen MR) is 121 cm³/mol. The van der Waals surface area contributed by atoms with Crippen molar-refractivity contribution in [3.63, 3.8) is 0 Å². The summed E-state index contributed by atoms with van der Waals surface area (Å²) >= 11 is 0. The topological polar surface area (TPSA) is 105 Å². The van der Waals surface area contributed by atoms with Crippen LogP contribution < -0.4 is 5.32 Å².